The van der Waals surface area contributed by atoms with Gasteiger partial charge in [-0.15, -0.1) is 0 Å². The van der Waals surface area contributed by atoms with Crippen molar-refractivity contribution in [2.45, 2.75) is 64.4 Å². The summed E-state index contributed by atoms with van der Waals surface area (Å²) in [6.45, 7) is 5.41. The molecule has 0 radical (unpaired) electrons. The monoisotopic (exact) mass is 289 g/mol. The van der Waals surface area contributed by atoms with Gasteiger partial charge in [0.05, 0.1) is 6.10 Å². The molecule has 0 spiro atoms. The van der Waals surface area contributed by atoms with E-state index in [1.165, 1.54) is 56.1 Å². The van der Waals surface area contributed by atoms with Crippen molar-refractivity contribution in [2.24, 2.45) is 0 Å². The molecule has 0 saturated carbocycles. The molecule has 1 aromatic carbocycles. The predicted octanol–water partition coefficient (Wildman–Crippen LogP) is 3.81. The number of aliphatic hydroxyl groups excluding tert-OH is 1. The number of β-amino-alcohol motifs (C(OH)–C–C–N with tert-alkyl or cyclic N) is 1. The molecule has 0 aliphatic carbocycles. The SMILES string of the molecule is CCCCCCc1ccc(CC(O)CN2CCCC2)cc1. The van der Waals surface area contributed by atoms with Gasteiger partial charge in [-0.05, 0) is 56.3 Å². The van der Waals surface area contributed by atoms with Crippen LogP contribution in [0.2, 0.25) is 0 Å². The first-order valence-corrected chi connectivity index (χ1v) is 8.76. The molecule has 118 valence electrons. The number of hydrogen-bond acceptors (Lipinski definition) is 2. The van der Waals surface area contributed by atoms with E-state index in [1.807, 2.05) is 0 Å². The van der Waals surface area contributed by atoms with E-state index in [2.05, 4.69) is 36.1 Å². The lowest BCUT2D eigenvalue weighted by molar-refractivity contribution is 0.125. The van der Waals surface area contributed by atoms with Gasteiger partial charge in [-0.25, -0.2) is 0 Å². The number of rotatable bonds is 9. The molecule has 1 saturated heterocycles. The summed E-state index contributed by atoms with van der Waals surface area (Å²) in [4.78, 5) is 2.38. The molecule has 2 rings (SSSR count). The zero-order chi connectivity index (χ0) is 14.9. The summed E-state index contributed by atoms with van der Waals surface area (Å²) < 4.78 is 0. The molecule has 1 unspecified atom stereocenters. The number of benzene rings is 1. The maximum atomic E-state index is 10.2. The standard InChI is InChI=1S/C19H31NO/c1-2-3-4-5-8-17-9-11-18(12-10-17)15-19(21)16-20-13-6-7-14-20/h9-12,19,21H,2-8,13-16H2,1H3. The van der Waals surface area contributed by atoms with Crippen molar-refractivity contribution in [3.8, 4) is 0 Å². The number of nitrogens with zero attached hydrogens (tertiary/aromatic N) is 1. The minimum Gasteiger partial charge on any atom is -0.391 e. The highest BCUT2D eigenvalue weighted by molar-refractivity contribution is 5.23. The molecule has 0 bridgehead atoms. The minimum atomic E-state index is -0.224. The maximum Gasteiger partial charge on any atom is 0.0707 e. The number of aryl methyl sites for hydroxylation is 1. The van der Waals surface area contributed by atoms with E-state index in [1.54, 1.807) is 0 Å². The molecule has 21 heavy (non-hydrogen) atoms. The van der Waals surface area contributed by atoms with Gasteiger partial charge >= 0.3 is 0 Å². The van der Waals surface area contributed by atoms with Gasteiger partial charge in [0.2, 0.25) is 0 Å². The topological polar surface area (TPSA) is 23.5 Å². The van der Waals surface area contributed by atoms with Crippen LogP contribution < -0.4 is 0 Å². The maximum absolute atomic E-state index is 10.2. The zero-order valence-corrected chi connectivity index (χ0v) is 13.6. The van der Waals surface area contributed by atoms with Crippen LogP contribution in [0.25, 0.3) is 0 Å². The molecule has 1 aliphatic heterocycles. The Hall–Kier alpha value is -0.860. The Morgan fingerprint density at radius 2 is 1.67 bits per heavy atom. The molecule has 1 atom stereocenters. The highest BCUT2D eigenvalue weighted by Gasteiger charge is 2.15. The van der Waals surface area contributed by atoms with Crippen molar-refractivity contribution in [3.05, 3.63) is 35.4 Å². The summed E-state index contributed by atoms with van der Waals surface area (Å²) in [5.41, 5.74) is 2.70. The Labute approximate surface area is 130 Å². The van der Waals surface area contributed by atoms with E-state index >= 15 is 0 Å². The lowest BCUT2D eigenvalue weighted by atomic mass is 10.0. The molecule has 1 fully saturated rings. The summed E-state index contributed by atoms with van der Waals surface area (Å²) in [5, 5.41) is 10.2. The van der Waals surface area contributed by atoms with Gasteiger partial charge in [0.25, 0.3) is 0 Å². The Balaban J connectivity index is 1.70. The molecular formula is C19H31NO. The van der Waals surface area contributed by atoms with E-state index in [9.17, 15) is 5.11 Å². The van der Waals surface area contributed by atoms with Gasteiger partial charge < -0.3 is 10.0 Å². The molecule has 1 aliphatic rings. The molecule has 0 amide bonds. The first kappa shape index (κ1) is 16.5. The van der Waals surface area contributed by atoms with Crippen molar-refractivity contribution in [3.63, 3.8) is 0 Å². The van der Waals surface area contributed by atoms with Crippen LogP contribution in [0.5, 0.6) is 0 Å². The Bertz CT molecular complexity index is 381. The van der Waals surface area contributed by atoms with Crippen molar-refractivity contribution in [1.82, 2.24) is 4.90 Å². The van der Waals surface area contributed by atoms with Crippen LogP contribution in [0.3, 0.4) is 0 Å². The summed E-state index contributed by atoms with van der Waals surface area (Å²) in [7, 11) is 0. The third-order valence-corrected chi connectivity index (χ3v) is 4.48. The summed E-state index contributed by atoms with van der Waals surface area (Å²) in [5.74, 6) is 0. The van der Waals surface area contributed by atoms with Crippen LogP contribution in [0.1, 0.15) is 56.6 Å². The molecule has 1 heterocycles. The van der Waals surface area contributed by atoms with Gasteiger partial charge in [-0.2, -0.15) is 0 Å². The van der Waals surface area contributed by atoms with E-state index < -0.39 is 0 Å². The average Bonchev–Trinajstić information content (AvgIpc) is 2.98. The van der Waals surface area contributed by atoms with Crippen molar-refractivity contribution >= 4 is 0 Å². The third kappa shape index (κ3) is 6.19. The lowest BCUT2D eigenvalue weighted by Crippen LogP contribution is -2.31. The van der Waals surface area contributed by atoms with Crippen LogP contribution in [-0.2, 0) is 12.8 Å². The van der Waals surface area contributed by atoms with E-state index in [-0.39, 0.29) is 6.10 Å². The number of likely N-dealkylation sites (tertiary alicyclic amines) is 1. The summed E-state index contributed by atoms with van der Waals surface area (Å²) in [6.07, 6.45) is 9.62. The largest absolute Gasteiger partial charge is 0.391 e. The second-order valence-electron chi connectivity index (χ2n) is 6.49. The number of unbranched alkanes of at least 4 members (excludes halogenated alkanes) is 3. The van der Waals surface area contributed by atoms with E-state index in [0.717, 1.165) is 26.1 Å². The fourth-order valence-electron chi connectivity index (χ4n) is 3.20. The Morgan fingerprint density at radius 1 is 1.00 bits per heavy atom. The van der Waals surface area contributed by atoms with Gasteiger partial charge in [0.1, 0.15) is 0 Å². The molecule has 1 aromatic rings. The first-order chi connectivity index (χ1) is 10.3. The predicted molar refractivity (Wildman–Crippen MR) is 89.7 cm³/mol. The summed E-state index contributed by atoms with van der Waals surface area (Å²) in [6, 6.07) is 8.87. The highest BCUT2D eigenvalue weighted by Crippen LogP contribution is 2.13. The molecule has 1 N–H and O–H groups in total. The van der Waals surface area contributed by atoms with Crippen LogP contribution >= 0.6 is 0 Å². The normalized spacial score (nSPS) is 17.2. The Kier molecular flexibility index (Phi) is 7.25. The van der Waals surface area contributed by atoms with Crippen molar-refractivity contribution in [2.75, 3.05) is 19.6 Å². The van der Waals surface area contributed by atoms with E-state index in [0.29, 0.717) is 0 Å². The van der Waals surface area contributed by atoms with Crippen LogP contribution in [0, 0.1) is 0 Å². The smallest absolute Gasteiger partial charge is 0.0707 e. The highest BCUT2D eigenvalue weighted by atomic mass is 16.3. The van der Waals surface area contributed by atoms with Crippen LogP contribution in [0.15, 0.2) is 24.3 Å². The molecular weight excluding hydrogens is 258 g/mol. The fraction of sp³-hybridized carbons (Fsp3) is 0.684. The average molecular weight is 289 g/mol. The zero-order valence-electron chi connectivity index (χ0n) is 13.6. The number of aliphatic hydroxyl groups is 1. The van der Waals surface area contributed by atoms with Gasteiger partial charge in [-0.3, -0.25) is 0 Å². The van der Waals surface area contributed by atoms with Gasteiger partial charge in [0.15, 0.2) is 0 Å². The Morgan fingerprint density at radius 3 is 2.33 bits per heavy atom. The summed E-state index contributed by atoms with van der Waals surface area (Å²) >= 11 is 0. The quantitative estimate of drug-likeness (QED) is 0.699. The fourth-order valence-corrected chi connectivity index (χ4v) is 3.20. The first-order valence-electron chi connectivity index (χ1n) is 8.76. The lowest BCUT2D eigenvalue weighted by Gasteiger charge is -2.19. The molecule has 0 aromatic heterocycles. The second-order valence-corrected chi connectivity index (χ2v) is 6.49. The van der Waals surface area contributed by atoms with Crippen molar-refractivity contribution in [1.29, 1.82) is 0 Å². The molecule has 2 heteroatoms. The third-order valence-electron chi connectivity index (χ3n) is 4.48. The van der Waals surface area contributed by atoms with Gasteiger partial charge in [-0.1, -0.05) is 50.5 Å². The van der Waals surface area contributed by atoms with Crippen LogP contribution in [0.4, 0.5) is 0 Å². The second kappa shape index (κ2) is 9.22. The molecule has 2 nitrogen and oxygen atoms in total. The van der Waals surface area contributed by atoms with Gasteiger partial charge in [0, 0.05) is 6.54 Å². The van der Waals surface area contributed by atoms with Crippen LogP contribution in [-0.4, -0.2) is 35.7 Å². The number of hydrogen-bond donors (Lipinski definition) is 1. The van der Waals surface area contributed by atoms with E-state index in [4.69, 9.17) is 0 Å². The van der Waals surface area contributed by atoms with Crippen molar-refractivity contribution < 1.29 is 5.11 Å². The minimum absolute atomic E-state index is 0.224.